The molecule has 118 valence electrons. The minimum absolute atomic E-state index is 0.0558. The van der Waals surface area contributed by atoms with E-state index in [0.29, 0.717) is 24.1 Å². The molecule has 23 heavy (non-hydrogen) atoms. The van der Waals surface area contributed by atoms with E-state index in [1.165, 1.54) is 4.90 Å². The lowest BCUT2D eigenvalue weighted by atomic mass is 10.1. The van der Waals surface area contributed by atoms with E-state index in [4.69, 9.17) is 4.74 Å². The van der Waals surface area contributed by atoms with Crippen LogP contribution in [0, 0.1) is 0 Å². The summed E-state index contributed by atoms with van der Waals surface area (Å²) in [6.07, 6.45) is 0.702. The van der Waals surface area contributed by atoms with Gasteiger partial charge in [-0.05, 0) is 36.6 Å². The molecule has 0 aromatic heterocycles. The average molecular weight is 309 g/mol. The zero-order chi connectivity index (χ0) is 16.4. The summed E-state index contributed by atoms with van der Waals surface area (Å²) in [4.78, 5) is 25.9. The molecule has 1 heterocycles. The summed E-state index contributed by atoms with van der Waals surface area (Å²) >= 11 is 0. The third-order valence-electron chi connectivity index (χ3n) is 4.30. The number of rotatable bonds is 5. The summed E-state index contributed by atoms with van der Waals surface area (Å²) < 4.78 is 5.28. The van der Waals surface area contributed by atoms with Crippen molar-refractivity contribution in [1.29, 1.82) is 0 Å². The Balaban J connectivity index is 1.68. The van der Waals surface area contributed by atoms with Crippen molar-refractivity contribution in [1.82, 2.24) is 4.90 Å². The van der Waals surface area contributed by atoms with E-state index in [2.05, 4.69) is 0 Å². The molecule has 3 rings (SSSR count). The fourth-order valence-electron chi connectivity index (χ4n) is 2.77. The number of carbonyl (C=O) groups is 2. The number of imide groups is 1. The number of carbonyl (C=O) groups excluding carboxylic acids is 2. The number of ether oxygens (including phenoxy) is 1. The molecule has 0 aliphatic carbocycles. The van der Waals surface area contributed by atoms with Crippen LogP contribution in [0.4, 0.5) is 0 Å². The summed E-state index contributed by atoms with van der Waals surface area (Å²) in [6, 6.07) is 15.0. The maximum atomic E-state index is 12.3. The van der Waals surface area contributed by atoms with Gasteiger partial charge in [0.25, 0.3) is 11.8 Å². The van der Waals surface area contributed by atoms with E-state index < -0.39 is 0 Å². The standard InChI is InChI=1S/C19H19NO3/c1-13(23-2)15-9-7-14(8-10-15)11-12-20-18(21)16-5-3-4-6-17(16)19(20)22/h3-10,13H,11-12H2,1-2H3/t13-/m0/s1. The van der Waals surface area contributed by atoms with Crippen LogP contribution in [0.1, 0.15) is 44.9 Å². The molecule has 0 bridgehead atoms. The number of hydrogen-bond donors (Lipinski definition) is 0. The first-order valence-electron chi connectivity index (χ1n) is 7.68. The van der Waals surface area contributed by atoms with Crippen molar-refractivity contribution in [2.75, 3.05) is 13.7 Å². The van der Waals surface area contributed by atoms with Gasteiger partial charge in [-0.1, -0.05) is 36.4 Å². The Labute approximate surface area is 135 Å². The van der Waals surface area contributed by atoms with Crippen LogP contribution in [0.3, 0.4) is 0 Å². The number of amides is 2. The number of hydrogen-bond acceptors (Lipinski definition) is 3. The minimum atomic E-state index is -0.199. The normalized spacial score (nSPS) is 15.0. The summed E-state index contributed by atoms with van der Waals surface area (Å²) in [6.45, 7) is 2.39. The Morgan fingerprint density at radius 1 is 0.957 bits per heavy atom. The third-order valence-corrected chi connectivity index (χ3v) is 4.30. The van der Waals surface area contributed by atoms with Gasteiger partial charge < -0.3 is 4.74 Å². The van der Waals surface area contributed by atoms with Gasteiger partial charge in [0.2, 0.25) is 0 Å². The largest absolute Gasteiger partial charge is 0.377 e. The van der Waals surface area contributed by atoms with Gasteiger partial charge >= 0.3 is 0 Å². The van der Waals surface area contributed by atoms with E-state index >= 15 is 0 Å². The Kier molecular flexibility index (Phi) is 4.26. The Morgan fingerprint density at radius 2 is 1.52 bits per heavy atom. The van der Waals surface area contributed by atoms with Crippen molar-refractivity contribution in [2.24, 2.45) is 0 Å². The zero-order valence-electron chi connectivity index (χ0n) is 13.3. The summed E-state index contributed by atoms with van der Waals surface area (Å²) in [7, 11) is 1.68. The van der Waals surface area contributed by atoms with Gasteiger partial charge in [-0.3, -0.25) is 14.5 Å². The van der Waals surface area contributed by atoms with E-state index in [9.17, 15) is 9.59 Å². The number of fused-ring (bicyclic) bond motifs is 1. The second-order valence-electron chi connectivity index (χ2n) is 5.68. The van der Waals surface area contributed by atoms with Crippen LogP contribution >= 0.6 is 0 Å². The second kappa shape index (κ2) is 6.34. The van der Waals surface area contributed by atoms with Crippen molar-refractivity contribution >= 4 is 11.8 Å². The fourth-order valence-corrected chi connectivity index (χ4v) is 2.77. The number of benzene rings is 2. The molecule has 2 aromatic rings. The molecule has 0 N–H and O–H groups in total. The highest BCUT2D eigenvalue weighted by Crippen LogP contribution is 2.23. The van der Waals surface area contributed by atoms with E-state index in [1.807, 2.05) is 31.2 Å². The molecule has 0 fully saturated rings. The van der Waals surface area contributed by atoms with Crippen LogP contribution in [0.25, 0.3) is 0 Å². The van der Waals surface area contributed by atoms with Gasteiger partial charge in [-0.15, -0.1) is 0 Å². The van der Waals surface area contributed by atoms with Gasteiger partial charge in [0, 0.05) is 13.7 Å². The van der Waals surface area contributed by atoms with Gasteiger partial charge in [0.05, 0.1) is 17.2 Å². The average Bonchev–Trinajstić information content (AvgIpc) is 2.84. The first-order valence-corrected chi connectivity index (χ1v) is 7.68. The van der Waals surface area contributed by atoms with Crippen LogP contribution in [-0.4, -0.2) is 30.4 Å². The van der Waals surface area contributed by atoms with Gasteiger partial charge in [-0.2, -0.15) is 0 Å². The fraction of sp³-hybridized carbons (Fsp3) is 0.263. The van der Waals surface area contributed by atoms with Crippen LogP contribution in [0.15, 0.2) is 48.5 Å². The molecule has 1 aliphatic heterocycles. The molecular weight excluding hydrogens is 290 g/mol. The molecule has 2 amide bonds. The lowest BCUT2D eigenvalue weighted by Crippen LogP contribution is -2.31. The summed E-state index contributed by atoms with van der Waals surface area (Å²) in [5.41, 5.74) is 3.20. The van der Waals surface area contributed by atoms with Crippen molar-refractivity contribution in [2.45, 2.75) is 19.4 Å². The lowest BCUT2D eigenvalue weighted by molar-refractivity contribution is 0.0656. The van der Waals surface area contributed by atoms with E-state index in [0.717, 1.165) is 11.1 Å². The molecule has 4 heteroatoms. The Bertz CT molecular complexity index is 702. The SMILES string of the molecule is CO[C@@H](C)c1ccc(CCN2C(=O)c3ccccc3C2=O)cc1. The predicted molar refractivity (Wildman–Crippen MR) is 87.4 cm³/mol. The predicted octanol–water partition coefficient (Wildman–Crippen LogP) is 3.23. The quantitative estimate of drug-likeness (QED) is 0.797. The molecule has 4 nitrogen and oxygen atoms in total. The zero-order valence-corrected chi connectivity index (χ0v) is 13.3. The molecule has 0 saturated carbocycles. The smallest absolute Gasteiger partial charge is 0.261 e. The lowest BCUT2D eigenvalue weighted by Gasteiger charge is -2.14. The van der Waals surface area contributed by atoms with Crippen molar-refractivity contribution in [3.63, 3.8) is 0 Å². The highest BCUT2D eigenvalue weighted by Gasteiger charge is 2.34. The molecule has 1 aliphatic rings. The van der Waals surface area contributed by atoms with Gasteiger partial charge in [-0.25, -0.2) is 0 Å². The highest BCUT2D eigenvalue weighted by molar-refractivity contribution is 6.21. The van der Waals surface area contributed by atoms with Crippen LogP contribution in [0.2, 0.25) is 0 Å². The number of methoxy groups -OCH3 is 1. The highest BCUT2D eigenvalue weighted by atomic mass is 16.5. The maximum absolute atomic E-state index is 12.3. The molecule has 0 spiro atoms. The van der Waals surface area contributed by atoms with Crippen LogP contribution in [-0.2, 0) is 11.2 Å². The maximum Gasteiger partial charge on any atom is 0.261 e. The van der Waals surface area contributed by atoms with Gasteiger partial charge in [0.1, 0.15) is 0 Å². The Hall–Kier alpha value is -2.46. The van der Waals surface area contributed by atoms with Crippen LogP contribution < -0.4 is 0 Å². The molecule has 0 radical (unpaired) electrons. The number of nitrogens with zero attached hydrogens (tertiary/aromatic N) is 1. The second-order valence-corrected chi connectivity index (χ2v) is 5.68. The Morgan fingerprint density at radius 3 is 2.04 bits per heavy atom. The van der Waals surface area contributed by atoms with Crippen molar-refractivity contribution in [3.8, 4) is 0 Å². The summed E-state index contributed by atoms with van der Waals surface area (Å²) in [5, 5.41) is 0. The molecule has 0 unspecified atom stereocenters. The molecular formula is C19H19NO3. The molecule has 1 atom stereocenters. The minimum Gasteiger partial charge on any atom is -0.377 e. The summed E-state index contributed by atoms with van der Waals surface area (Å²) in [5.74, 6) is -0.398. The van der Waals surface area contributed by atoms with Crippen LogP contribution in [0.5, 0.6) is 0 Å². The molecule has 2 aromatic carbocycles. The topological polar surface area (TPSA) is 46.6 Å². The van der Waals surface area contributed by atoms with Crippen molar-refractivity contribution in [3.05, 3.63) is 70.8 Å². The van der Waals surface area contributed by atoms with Crippen molar-refractivity contribution < 1.29 is 14.3 Å². The van der Waals surface area contributed by atoms with Gasteiger partial charge in [0.15, 0.2) is 0 Å². The monoisotopic (exact) mass is 309 g/mol. The van der Waals surface area contributed by atoms with E-state index in [1.54, 1.807) is 31.4 Å². The molecule has 0 saturated heterocycles. The first kappa shape index (κ1) is 15.4. The van der Waals surface area contributed by atoms with E-state index in [-0.39, 0.29) is 17.9 Å². The third kappa shape index (κ3) is 2.90. The first-order chi connectivity index (χ1) is 11.1.